The molecule has 0 aromatic heterocycles. The molecule has 4 rings (SSSR count). The van der Waals surface area contributed by atoms with Crippen LogP contribution in [0, 0.1) is 0 Å². The molecule has 0 radical (unpaired) electrons. The van der Waals surface area contributed by atoms with Gasteiger partial charge in [-0.05, 0) is 58.8 Å². The van der Waals surface area contributed by atoms with Crippen molar-refractivity contribution in [2.75, 3.05) is 32.8 Å². The number of rotatable bonds is 10. The number of aliphatic carboxylic acids is 2. The molecule has 0 aromatic rings. The highest BCUT2D eigenvalue weighted by Crippen LogP contribution is 2.27. The zero-order valence-electron chi connectivity index (χ0n) is 38.3. The number of nitrogens with two attached hydrogens (primary N) is 2. The van der Waals surface area contributed by atoms with E-state index in [0.717, 1.165) is 4.90 Å². The third-order valence-corrected chi connectivity index (χ3v) is 12.2. The van der Waals surface area contributed by atoms with Crippen molar-refractivity contribution in [3.63, 3.8) is 0 Å². The second-order valence-corrected chi connectivity index (χ2v) is 17.4. The normalized spacial score (nSPS) is 31.8. The molecular formula is C40H63N11O19. The van der Waals surface area contributed by atoms with Crippen molar-refractivity contribution < 1.29 is 93.5 Å². The molecule has 8 amide bonds. The molecule has 4 fully saturated rings. The number of hydrogen-bond donors (Lipinski definition) is 15. The van der Waals surface area contributed by atoms with Gasteiger partial charge in [-0.25, -0.2) is 9.59 Å². The van der Waals surface area contributed by atoms with Crippen LogP contribution in [0.15, 0.2) is 4.99 Å². The third-order valence-electron chi connectivity index (χ3n) is 12.2. The molecule has 70 heavy (non-hydrogen) atoms. The number of ether oxygens (including phenoxy) is 1. The largest absolute Gasteiger partial charge is 0.479 e. The van der Waals surface area contributed by atoms with Crippen LogP contribution in [-0.2, 0) is 52.7 Å². The number of aliphatic hydroxyl groups is 6. The van der Waals surface area contributed by atoms with E-state index in [9.17, 15) is 88.8 Å². The van der Waals surface area contributed by atoms with Crippen molar-refractivity contribution in [1.82, 2.24) is 41.3 Å². The summed E-state index contributed by atoms with van der Waals surface area (Å²) >= 11 is 0. The van der Waals surface area contributed by atoms with Crippen molar-refractivity contribution in [3.8, 4) is 0 Å². The highest BCUT2D eigenvalue weighted by atomic mass is 16.6. The predicted octanol–water partition coefficient (Wildman–Crippen LogP) is -9.20. The fraction of sp³-hybridized carbons (Fsp3) is 0.725. The molecule has 4 heterocycles. The number of nitrogens with one attached hydrogen (secondary N) is 5. The molecule has 4 aliphatic rings. The molecule has 4 aliphatic heterocycles. The summed E-state index contributed by atoms with van der Waals surface area (Å²) < 4.78 is 5.37. The Labute approximate surface area is 399 Å². The van der Waals surface area contributed by atoms with E-state index < -0.39 is 164 Å². The van der Waals surface area contributed by atoms with Gasteiger partial charge in [0.05, 0.1) is 31.3 Å². The smallest absolute Gasteiger partial charge is 0.335 e. The topological polar surface area (TPSA) is 476 Å². The van der Waals surface area contributed by atoms with Crippen LogP contribution in [0.25, 0.3) is 0 Å². The minimum absolute atomic E-state index is 0.0123. The van der Waals surface area contributed by atoms with Gasteiger partial charge in [0.25, 0.3) is 0 Å². The Bertz CT molecular complexity index is 2010. The first-order valence-corrected chi connectivity index (χ1v) is 22.5. The van der Waals surface area contributed by atoms with Crippen molar-refractivity contribution >= 4 is 65.2 Å². The first kappa shape index (κ1) is 56.3. The second-order valence-electron chi connectivity index (χ2n) is 17.4. The summed E-state index contributed by atoms with van der Waals surface area (Å²) in [6.45, 7) is 0.537. The lowest BCUT2D eigenvalue weighted by molar-refractivity contribution is -0.182. The van der Waals surface area contributed by atoms with Crippen LogP contribution < -0.4 is 38.1 Å². The lowest BCUT2D eigenvalue weighted by Crippen LogP contribution is -2.64. The number of carbonyl (C=O) groups excluding carboxylic acids is 8. The molecule has 14 unspecified atom stereocenters. The van der Waals surface area contributed by atoms with Gasteiger partial charge in [0.2, 0.25) is 47.3 Å². The number of aliphatic hydroxyl groups excluding tert-OH is 6. The van der Waals surface area contributed by atoms with E-state index in [1.165, 1.54) is 18.7 Å². The van der Waals surface area contributed by atoms with Crippen LogP contribution in [0.2, 0.25) is 0 Å². The van der Waals surface area contributed by atoms with Gasteiger partial charge in [0.1, 0.15) is 48.3 Å². The Kier molecular flexibility index (Phi) is 20.1. The quantitative estimate of drug-likeness (QED) is 0.0549. The summed E-state index contributed by atoms with van der Waals surface area (Å²) in [5.41, 5.74) is 10.8. The maximum Gasteiger partial charge on any atom is 0.335 e. The van der Waals surface area contributed by atoms with Gasteiger partial charge in [-0.3, -0.25) is 43.3 Å². The SMILES string of the molecule is CC1CC(=O)NC(C(C)O)C(=O)N2CCCC2C(=O)N2CCCC2C(=O)NC(CCCN=C(N)N)C(=O)NC(C(O)C(=O)O)C(=O)NC(CO)C(=O)N2CCC(O)C2C(=O)NC(C(O)C(=O)O)C(O)O1. The van der Waals surface area contributed by atoms with Gasteiger partial charge < -0.3 is 98.3 Å². The third kappa shape index (κ3) is 13.9. The van der Waals surface area contributed by atoms with Crippen LogP contribution in [0.4, 0.5) is 0 Å². The number of amides is 8. The fourth-order valence-corrected chi connectivity index (χ4v) is 8.63. The Morgan fingerprint density at radius 2 is 1.31 bits per heavy atom. The molecule has 0 spiro atoms. The van der Waals surface area contributed by atoms with Gasteiger partial charge in [-0.1, -0.05) is 0 Å². The Morgan fingerprint density at radius 1 is 0.714 bits per heavy atom. The number of aliphatic imine (C=N–C) groups is 1. The van der Waals surface area contributed by atoms with Crippen LogP contribution in [0.3, 0.4) is 0 Å². The Hall–Kier alpha value is -6.31. The van der Waals surface area contributed by atoms with E-state index in [0.29, 0.717) is 4.90 Å². The summed E-state index contributed by atoms with van der Waals surface area (Å²) in [6, 6.07) is -14.6. The second kappa shape index (κ2) is 25.0. The van der Waals surface area contributed by atoms with Crippen LogP contribution in [-0.4, -0.2) is 239 Å². The first-order valence-electron chi connectivity index (χ1n) is 22.5. The number of nitrogens with zero attached hydrogens (tertiary/aromatic N) is 4. The maximum absolute atomic E-state index is 14.2. The highest BCUT2D eigenvalue weighted by Gasteiger charge is 2.48. The lowest BCUT2D eigenvalue weighted by atomic mass is 10.0. The van der Waals surface area contributed by atoms with Crippen molar-refractivity contribution in [2.24, 2.45) is 16.5 Å². The van der Waals surface area contributed by atoms with Crippen molar-refractivity contribution in [3.05, 3.63) is 0 Å². The molecule has 14 atom stereocenters. The summed E-state index contributed by atoms with van der Waals surface area (Å²) in [7, 11) is 0. The number of hydrogen-bond acceptors (Lipinski definition) is 18. The van der Waals surface area contributed by atoms with E-state index in [2.05, 4.69) is 15.6 Å². The first-order chi connectivity index (χ1) is 32.9. The monoisotopic (exact) mass is 1000 g/mol. The van der Waals surface area contributed by atoms with Crippen LogP contribution in [0.5, 0.6) is 0 Å². The average Bonchev–Trinajstić information content (AvgIpc) is 4.08. The fourth-order valence-electron chi connectivity index (χ4n) is 8.63. The molecule has 0 aromatic carbocycles. The molecule has 0 saturated carbocycles. The van der Waals surface area contributed by atoms with E-state index in [1.54, 1.807) is 0 Å². The number of carboxylic acids is 2. The number of guanidine groups is 1. The summed E-state index contributed by atoms with van der Waals surface area (Å²) in [5, 5.41) is 94.3. The summed E-state index contributed by atoms with van der Waals surface area (Å²) in [5.74, 6) is -13.4. The van der Waals surface area contributed by atoms with Crippen molar-refractivity contribution in [1.29, 1.82) is 0 Å². The van der Waals surface area contributed by atoms with E-state index in [-0.39, 0.29) is 70.5 Å². The molecule has 0 aliphatic carbocycles. The standard InChI is InChI=1S/C40H63N11O19/c1-16-14-23(55)46-24(17(2)53)36(64)50-12-5-8-21(50)35(63)49-11-4-7-20(49)31(59)44-18(6-3-10-43-40(41)42)30(58)47-25(28(56)37(65)66)32(60)45-19(15-52)34(62)51-13-9-22(54)27(51)33(61)48-26(39(69)70-16)29(57)38(67)68/h16-22,24-29,39,52-54,56-57,69H,3-15H2,1-2H3,(H,44,59)(H,45,60)(H,46,55)(H,47,58)(H,48,61)(H,65,66)(H,67,68)(H4,41,42,43). The molecule has 0 bridgehead atoms. The molecule has 30 heteroatoms. The van der Waals surface area contributed by atoms with E-state index >= 15 is 0 Å². The number of carboxylic acid groups (broad SMARTS) is 2. The molecule has 17 N–H and O–H groups in total. The molecule has 30 nitrogen and oxygen atoms in total. The highest BCUT2D eigenvalue weighted by molar-refractivity contribution is 5.99. The number of fused-ring (bicyclic) bond motifs is 3. The van der Waals surface area contributed by atoms with Gasteiger partial charge in [-0.2, -0.15) is 0 Å². The van der Waals surface area contributed by atoms with E-state index in [1.807, 2.05) is 16.0 Å². The molecule has 392 valence electrons. The summed E-state index contributed by atoms with van der Waals surface area (Å²) in [4.78, 5) is 142. The zero-order valence-corrected chi connectivity index (χ0v) is 38.3. The zero-order chi connectivity index (χ0) is 52.3. The maximum atomic E-state index is 14.2. The van der Waals surface area contributed by atoms with Gasteiger partial charge in [-0.15, -0.1) is 0 Å². The van der Waals surface area contributed by atoms with Gasteiger partial charge in [0, 0.05) is 26.2 Å². The minimum Gasteiger partial charge on any atom is -0.479 e. The van der Waals surface area contributed by atoms with Crippen LogP contribution in [0.1, 0.15) is 65.2 Å². The lowest BCUT2D eigenvalue weighted by Gasteiger charge is -2.34. The minimum atomic E-state index is -2.75. The molecule has 4 saturated heterocycles. The van der Waals surface area contributed by atoms with Crippen molar-refractivity contribution in [2.45, 2.75) is 150 Å². The molecular weight excluding hydrogens is 938 g/mol. The van der Waals surface area contributed by atoms with Gasteiger partial charge >= 0.3 is 11.9 Å². The van der Waals surface area contributed by atoms with Crippen LogP contribution >= 0.6 is 0 Å². The summed E-state index contributed by atoms with van der Waals surface area (Å²) in [6.07, 6.45) is -13.2. The average molecular weight is 1000 g/mol. The van der Waals surface area contributed by atoms with E-state index in [4.69, 9.17) is 16.2 Å². The van der Waals surface area contributed by atoms with Gasteiger partial charge in [0.15, 0.2) is 24.5 Å². The Morgan fingerprint density at radius 3 is 1.90 bits per heavy atom. The predicted molar refractivity (Wildman–Crippen MR) is 232 cm³/mol. The number of carbonyl (C=O) groups is 10. The Balaban J connectivity index is 1.77.